The number of carbonyl (C=O) groups is 2. The van der Waals surface area contributed by atoms with E-state index in [0.717, 1.165) is 12.8 Å². The Kier molecular flexibility index (Phi) is 5.51. The predicted octanol–water partition coefficient (Wildman–Crippen LogP) is 2.32. The van der Waals surface area contributed by atoms with Crippen molar-refractivity contribution in [3.8, 4) is 11.5 Å². The first-order valence-electron chi connectivity index (χ1n) is 8.10. The van der Waals surface area contributed by atoms with Crippen LogP contribution in [0.25, 0.3) is 0 Å². The fourth-order valence-electron chi connectivity index (χ4n) is 2.45. The lowest BCUT2D eigenvalue weighted by Crippen LogP contribution is -2.29. The van der Waals surface area contributed by atoms with Crippen molar-refractivity contribution in [3.63, 3.8) is 0 Å². The van der Waals surface area contributed by atoms with Crippen LogP contribution in [0, 0.1) is 0 Å². The summed E-state index contributed by atoms with van der Waals surface area (Å²) in [6, 6.07) is 14.8. The van der Waals surface area contributed by atoms with Crippen LogP contribution in [0.5, 0.6) is 11.5 Å². The van der Waals surface area contributed by atoms with E-state index in [1.807, 2.05) is 18.2 Å². The second kappa shape index (κ2) is 8.19. The summed E-state index contributed by atoms with van der Waals surface area (Å²) in [5, 5.41) is 2.74. The van der Waals surface area contributed by atoms with E-state index in [1.54, 1.807) is 18.2 Å². The Hall–Kier alpha value is -3.02. The molecule has 0 saturated heterocycles. The van der Waals surface area contributed by atoms with Gasteiger partial charge in [0, 0.05) is 6.54 Å². The van der Waals surface area contributed by atoms with Gasteiger partial charge in [0.05, 0.1) is 5.56 Å². The van der Waals surface area contributed by atoms with Gasteiger partial charge < -0.3 is 19.5 Å². The van der Waals surface area contributed by atoms with Gasteiger partial charge in [-0.05, 0) is 36.6 Å². The van der Waals surface area contributed by atoms with Crippen LogP contribution in [0.15, 0.2) is 48.5 Å². The number of fused-ring (bicyclic) bond motifs is 1. The lowest BCUT2D eigenvalue weighted by atomic mass is 10.1. The van der Waals surface area contributed by atoms with Crippen LogP contribution in [0.2, 0.25) is 0 Å². The third-order valence-electron chi connectivity index (χ3n) is 3.75. The second-order valence-corrected chi connectivity index (χ2v) is 5.58. The summed E-state index contributed by atoms with van der Waals surface area (Å²) in [5.41, 5.74) is 1.55. The second-order valence-electron chi connectivity index (χ2n) is 5.58. The number of nitrogens with one attached hydrogen (secondary N) is 1. The zero-order valence-corrected chi connectivity index (χ0v) is 13.7. The average Bonchev–Trinajstić information content (AvgIpc) is 3.12. The molecule has 0 aliphatic carbocycles. The van der Waals surface area contributed by atoms with E-state index in [2.05, 4.69) is 17.4 Å². The van der Waals surface area contributed by atoms with Crippen LogP contribution in [-0.2, 0) is 16.0 Å². The Labute approximate surface area is 145 Å². The van der Waals surface area contributed by atoms with E-state index in [0.29, 0.717) is 23.6 Å². The molecule has 1 N–H and O–H groups in total. The van der Waals surface area contributed by atoms with Crippen molar-refractivity contribution < 1.29 is 23.8 Å². The van der Waals surface area contributed by atoms with E-state index in [1.165, 1.54) is 5.56 Å². The van der Waals surface area contributed by atoms with Gasteiger partial charge in [-0.2, -0.15) is 0 Å². The molecule has 25 heavy (non-hydrogen) atoms. The summed E-state index contributed by atoms with van der Waals surface area (Å²) < 4.78 is 15.4. The Morgan fingerprint density at radius 1 is 1.04 bits per heavy atom. The normalized spacial score (nSPS) is 11.8. The number of benzene rings is 2. The molecule has 0 bridgehead atoms. The number of aryl methyl sites for hydroxylation is 1. The molecule has 0 fully saturated rings. The lowest BCUT2D eigenvalue weighted by molar-refractivity contribution is -0.124. The zero-order valence-electron chi connectivity index (χ0n) is 13.7. The van der Waals surface area contributed by atoms with Crippen molar-refractivity contribution in [1.29, 1.82) is 0 Å². The lowest BCUT2D eigenvalue weighted by Gasteiger charge is -2.07. The van der Waals surface area contributed by atoms with Crippen LogP contribution < -0.4 is 14.8 Å². The first kappa shape index (κ1) is 16.8. The van der Waals surface area contributed by atoms with Crippen molar-refractivity contribution in [2.45, 2.75) is 12.8 Å². The minimum Gasteiger partial charge on any atom is -0.454 e. The summed E-state index contributed by atoms with van der Waals surface area (Å²) in [5.74, 6) is 0.201. The maximum Gasteiger partial charge on any atom is 0.338 e. The van der Waals surface area contributed by atoms with Crippen LogP contribution in [0.3, 0.4) is 0 Å². The SMILES string of the molecule is O=C(COC(=O)c1ccc2c(c1)OCO2)NCCCc1ccccc1. The topological polar surface area (TPSA) is 73.9 Å². The highest BCUT2D eigenvalue weighted by atomic mass is 16.7. The van der Waals surface area contributed by atoms with Crippen molar-refractivity contribution >= 4 is 11.9 Å². The minimum atomic E-state index is -0.572. The third-order valence-corrected chi connectivity index (χ3v) is 3.75. The van der Waals surface area contributed by atoms with Gasteiger partial charge in [-0.1, -0.05) is 30.3 Å². The number of carbonyl (C=O) groups excluding carboxylic acids is 2. The van der Waals surface area contributed by atoms with Gasteiger partial charge in [0.15, 0.2) is 18.1 Å². The Morgan fingerprint density at radius 2 is 1.84 bits per heavy atom. The van der Waals surface area contributed by atoms with E-state index >= 15 is 0 Å². The molecule has 3 rings (SSSR count). The zero-order chi connectivity index (χ0) is 17.5. The molecule has 0 unspecified atom stereocenters. The first-order chi connectivity index (χ1) is 12.2. The average molecular weight is 341 g/mol. The molecule has 1 heterocycles. The van der Waals surface area contributed by atoms with Gasteiger partial charge in [-0.25, -0.2) is 4.79 Å². The van der Waals surface area contributed by atoms with Crippen LogP contribution in [-0.4, -0.2) is 31.8 Å². The summed E-state index contributed by atoms with van der Waals surface area (Å²) in [6.45, 7) is 0.368. The number of ether oxygens (including phenoxy) is 3. The number of hydrogen-bond donors (Lipinski definition) is 1. The number of amides is 1. The Balaban J connectivity index is 1.36. The van der Waals surface area contributed by atoms with Crippen LogP contribution >= 0.6 is 0 Å². The minimum absolute atomic E-state index is 0.138. The molecule has 6 heteroatoms. The van der Waals surface area contributed by atoms with Gasteiger partial charge in [0.2, 0.25) is 6.79 Å². The maximum absolute atomic E-state index is 12.0. The highest BCUT2D eigenvalue weighted by molar-refractivity contribution is 5.92. The van der Waals surface area contributed by atoms with Crippen LogP contribution in [0.1, 0.15) is 22.3 Å². The molecule has 6 nitrogen and oxygen atoms in total. The molecule has 0 saturated carbocycles. The molecule has 0 aromatic heterocycles. The first-order valence-corrected chi connectivity index (χ1v) is 8.10. The van der Waals surface area contributed by atoms with E-state index < -0.39 is 5.97 Å². The maximum atomic E-state index is 12.0. The standard InChI is InChI=1S/C19H19NO5/c21-18(20-10-4-7-14-5-2-1-3-6-14)12-23-19(22)15-8-9-16-17(11-15)25-13-24-16/h1-3,5-6,8-9,11H,4,7,10,12-13H2,(H,20,21). The summed E-state index contributed by atoms with van der Waals surface area (Å²) >= 11 is 0. The number of rotatable bonds is 7. The fraction of sp³-hybridized carbons (Fsp3) is 0.263. The Bertz CT molecular complexity index is 745. The van der Waals surface area contributed by atoms with Crippen LogP contribution in [0.4, 0.5) is 0 Å². The highest BCUT2D eigenvalue weighted by Crippen LogP contribution is 2.32. The molecule has 0 atom stereocenters. The van der Waals surface area contributed by atoms with Gasteiger partial charge in [0.25, 0.3) is 5.91 Å². The summed E-state index contributed by atoms with van der Waals surface area (Å²) in [4.78, 5) is 23.7. The molecule has 2 aromatic carbocycles. The molecule has 1 aliphatic rings. The number of hydrogen-bond acceptors (Lipinski definition) is 5. The van der Waals surface area contributed by atoms with Crippen molar-refractivity contribution in [1.82, 2.24) is 5.32 Å². The quantitative estimate of drug-likeness (QED) is 0.618. The molecular weight excluding hydrogens is 322 g/mol. The van der Waals surface area contributed by atoms with Gasteiger partial charge in [0.1, 0.15) is 0 Å². The summed E-state index contributed by atoms with van der Waals surface area (Å²) in [7, 11) is 0. The highest BCUT2D eigenvalue weighted by Gasteiger charge is 2.17. The molecule has 1 aliphatic heterocycles. The van der Waals surface area contributed by atoms with Crippen molar-refractivity contribution in [2.24, 2.45) is 0 Å². The molecule has 0 radical (unpaired) electrons. The van der Waals surface area contributed by atoms with E-state index in [-0.39, 0.29) is 19.3 Å². The molecule has 2 aromatic rings. The molecule has 1 amide bonds. The van der Waals surface area contributed by atoms with E-state index in [9.17, 15) is 9.59 Å². The summed E-state index contributed by atoms with van der Waals surface area (Å²) in [6.07, 6.45) is 1.71. The smallest absolute Gasteiger partial charge is 0.338 e. The van der Waals surface area contributed by atoms with E-state index in [4.69, 9.17) is 14.2 Å². The van der Waals surface area contributed by atoms with Crippen molar-refractivity contribution in [3.05, 3.63) is 59.7 Å². The third kappa shape index (κ3) is 4.73. The predicted molar refractivity (Wildman–Crippen MR) is 90.6 cm³/mol. The van der Waals surface area contributed by atoms with Crippen molar-refractivity contribution in [2.75, 3.05) is 19.9 Å². The van der Waals surface area contributed by atoms with Gasteiger partial charge in [-0.3, -0.25) is 4.79 Å². The van der Waals surface area contributed by atoms with Gasteiger partial charge in [-0.15, -0.1) is 0 Å². The van der Waals surface area contributed by atoms with Gasteiger partial charge >= 0.3 is 5.97 Å². The fourth-order valence-corrected chi connectivity index (χ4v) is 2.45. The Morgan fingerprint density at radius 3 is 2.68 bits per heavy atom. The molecular formula is C19H19NO5. The molecule has 0 spiro atoms. The number of esters is 1. The largest absolute Gasteiger partial charge is 0.454 e. The monoisotopic (exact) mass is 341 g/mol. The molecule has 130 valence electrons.